The van der Waals surface area contributed by atoms with Gasteiger partial charge in [-0.15, -0.1) is 0 Å². The van der Waals surface area contributed by atoms with Crippen molar-refractivity contribution in [1.29, 1.82) is 0 Å². The Bertz CT molecular complexity index is 2850. The Hall–Kier alpha value is -6.14. The molecule has 44 heavy (non-hydrogen) atoms. The van der Waals surface area contributed by atoms with Gasteiger partial charge >= 0.3 is 5.84 Å². The summed E-state index contributed by atoms with van der Waals surface area (Å²) in [6, 6.07) is 42.6. The van der Waals surface area contributed by atoms with Crippen LogP contribution < -0.4 is 5.56 Å². The van der Waals surface area contributed by atoms with Crippen LogP contribution in [0.2, 0.25) is 0 Å². The number of rotatable bonds is 2. The van der Waals surface area contributed by atoms with Gasteiger partial charge in [-0.25, -0.2) is 4.40 Å². The molecular formula is C38H21N3O3. The Labute approximate surface area is 248 Å². The fourth-order valence-electron chi connectivity index (χ4n) is 6.84. The third-order valence-electron chi connectivity index (χ3n) is 8.79. The van der Waals surface area contributed by atoms with Gasteiger partial charge < -0.3 is 13.4 Å². The van der Waals surface area contributed by atoms with Crippen molar-refractivity contribution in [2.45, 2.75) is 0 Å². The first-order valence-corrected chi connectivity index (χ1v) is 14.5. The number of imidazole rings is 1. The number of hydrogen-bond donors (Lipinski definition) is 0. The van der Waals surface area contributed by atoms with Crippen molar-refractivity contribution in [1.82, 2.24) is 14.0 Å². The molecule has 0 radical (unpaired) electrons. The predicted octanol–water partition coefficient (Wildman–Crippen LogP) is 9.26. The van der Waals surface area contributed by atoms with E-state index in [1.807, 2.05) is 66.7 Å². The number of hydrogen-bond acceptors (Lipinski definition) is 4. The number of furan rings is 1. The van der Waals surface area contributed by atoms with Crippen LogP contribution in [0.5, 0.6) is 0 Å². The highest BCUT2D eigenvalue weighted by atomic mass is 16.4. The second kappa shape index (κ2) is 8.46. The van der Waals surface area contributed by atoms with E-state index >= 15 is 0 Å². The smallest absolute Gasteiger partial charge is 0.310 e. The molecule has 0 fully saturated rings. The van der Waals surface area contributed by atoms with Gasteiger partial charge in [-0.2, -0.15) is 4.98 Å². The average Bonchev–Trinajstić information content (AvgIpc) is 3.74. The summed E-state index contributed by atoms with van der Waals surface area (Å²) in [6.07, 6.45) is 0. The Kier molecular flexibility index (Phi) is 4.50. The lowest BCUT2D eigenvalue weighted by Crippen LogP contribution is -2.13. The SMILES string of the molecule is O=c1c2c(ccc3c4ccccc4n(-c4ccc(-c5cccc6c5oc5ccccc56)cc4)c32)oc2nc3ccccc3n12. The minimum atomic E-state index is -0.155. The van der Waals surface area contributed by atoms with Gasteiger partial charge in [0.2, 0.25) is 0 Å². The van der Waals surface area contributed by atoms with Gasteiger partial charge in [0.15, 0.2) is 0 Å². The second-order valence-corrected chi connectivity index (χ2v) is 11.1. The maximum Gasteiger partial charge on any atom is 0.310 e. The van der Waals surface area contributed by atoms with Crippen LogP contribution in [0.1, 0.15) is 0 Å². The summed E-state index contributed by atoms with van der Waals surface area (Å²) in [6.45, 7) is 0. The van der Waals surface area contributed by atoms with Crippen molar-refractivity contribution in [3.05, 3.63) is 138 Å². The fraction of sp³-hybridized carbons (Fsp3) is 0. The van der Waals surface area contributed by atoms with E-state index in [9.17, 15) is 4.79 Å². The summed E-state index contributed by atoms with van der Waals surface area (Å²) in [5.41, 5.74) is 8.39. The molecule has 0 aliphatic carbocycles. The second-order valence-electron chi connectivity index (χ2n) is 11.1. The Balaban J connectivity index is 1.25. The highest BCUT2D eigenvalue weighted by Crippen LogP contribution is 2.38. The normalized spacial score (nSPS) is 12.2. The topological polar surface area (TPSA) is 65.6 Å². The number of aromatic nitrogens is 3. The molecule has 0 aliphatic rings. The number of fused-ring (bicyclic) bond motifs is 11. The lowest BCUT2D eigenvalue weighted by Gasteiger charge is -2.11. The van der Waals surface area contributed by atoms with Gasteiger partial charge in [0.05, 0.1) is 22.1 Å². The van der Waals surface area contributed by atoms with Crippen LogP contribution in [0.3, 0.4) is 0 Å². The van der Waals surface area contributed by atoms with Crippen LogP contribution in [-0.2, 0) is 0 Å². The standard InChI is InChI=1S/C38H21N3O3/c42-37-34-33(44-38-39-29-12-3-5-14-31(29)41(37)38)21-20-27-25-8-1-4-13-30(25)40(35(27)34)23-18-16-22(17-19-23)24-10-7-11-28-26-9-2-6-15-32(26)43-36(24)28/h1-21H. The van der Waals surface area contributed by atoms with Crippen molar-refractivity contribution in [2.24, 2.45) is 0 Å². The molecule has 6 nitrogen and oxygen atoms in total. The van der Waals surface area contributed by atoms with E-state index in [2.05, 4.69) is 70.2 Å². The van der Waals surface area contributed by atoms with Crippen molar-refractivity contribution >= 4 is 71.6 Å². The third kappa shape index (κ3) is 3.03. The van der Waals surface area contributed by atoms with E-state index in [0.717, 1.165) is 71.6 Å². The molecule has 0 unspecified atom stereocenters. The van der Waals surface area contributed by atoms with Gasteiger partial charge in [-0.3, -0.25) is 4.79 Å². The molecule has 0 aliphatic heterocycles. The molecule has 0 saturated carbocycles. The van der Waals surface area contributed by atoms with E-state index in [4.69, 9.17) is 8.83 Å². The monoisotopic (exact) mass is 567 g/mol. The molecular weight excluding hydrogens is 546 g/mol. The summed E-state index contributed by atoms with van der Waals surface area (Å²) in [4.78, 5) is 18.9. The maximum absolute atomic E-state index is 14.3. The lowest BCUT2D eigenvalue weighted by molar-refractivity contribution is 0.617. The maximum atomic E-state index is 14.3. The molecule has 206 valence electrons. The third-order valence-corrected chi connectivity index (χ3v) is 8.79. The van der Waals surface area contributed by atoms with E-state index in [-0.39, 0.29) is 11.4 Å². The van der Waals surface area contributed by atoms with Crippen LogP contribution in [0.25, 0.3) is 88.4 Å². The minimum Gasteiger partial charge on any atom is -0.455 e. The zero-order chi connectivity index (χ0) is 28.9. The molecule has 0 bridgehead atoms. The van der Waals surface area contributed by atoms with Crippen LogP contribution in [0.4, 0.5) is 0 Å². The molecule has 10 aromatic rings. The van der Waals surface area contributed by atoms with Crippen LogP contribution in [0.15, 0.2) is 141 Å². The molecule has 0 spiro atoms. The van der Waals surface area contributed by atoms with Crippen molar-refractivity contribution in [3.63, 3.8) is 0 Å². The first-order chi connectivity index (χ1) is 21.7. The summed E-state index contributed by atoms with van der Waals surface area (Å²) >= 11 is 0. The molecule has 0 atom stereocenters. The highest BCUT2D eigenvalue weighted by Gasteiger charge is 2.21. The molecule has 0 N–H and O–H groups in total. The zero-order valence-electron chi connectivity index (χ0n) is 23.2. The fourth-order valence-corrected chi connectivity index (χ4v) is 6.84. The molecule has 10 rings (SSSR count). The van der Waals surface area contributed by atoms with Gasteiger partial charge in [0.1, 0.15) is 22.1 Å². The molecule has 6 heteroatoms. The zero-order valence-corrected chi connectivity index (χ0v) is 23.2. The van der Waals surface area contributed by atoms with Crippen molar-refractivity contribution < 1.29 is 8.83 Å². The lowest BCUT2D eigenvalue weighted by atomic mass is 10.0. The Morgan fingerprint density at radius 1 is 0.568 bits per heavy atom. The van der Waals surface area contributed by atoms with Gasteiger partial charge in [-0.1, -0.05) is 78.9 Å². The Morgan fingerprint density at radius 2 is 1.32 bits per heavy atom. The van der Waals surface area contributed by atoms with Gasteiger partial charge in [0, 0.05) is 32.8 Å². The summed E-state index contributed by atoms with van der Waals surface area (Å²) < 4.78 is 16.3. The summed E-state index contributed by atoms with van der Waals surface area (Å²) in [7, 11) is 0. The predicted molar refractivity (Wildman–Crippen MR) is 176 cm³/mol. The number of para-hydroxylation sites is 5. The Morgan fingerprint density at radius 3 is 2.20 bits per heavy atom. The first-order valence-electron chi connectivity index (χ1n) is 14.5. The highest BCUT2D eigenvalue weighted by molar-refractivity contribution is 6.18. The largest absolute Gasteiger partial charge is 0.455 e. The quantitative estimate of drug-likeness (QED) is 0.209. The first kappa shape index (κ1) is 23.4. The summed E-state index contributed by atoms with van der Waals surface area (Å²) in [5.74, 6) is 0.287. The van der Waals surface area contributed by atoms with Gasteiger partial charge in [-0.05, 0) is 54.1 Å². The molecule has 0 saturated heterocycles. The average molecular weight is 568 g/mol. The van der Waals surface area contributed by atoms with Crippen molar-refractivity contribution in [2.75, 3.05) is 0 Å². The number of nitrogens with zero attached hydrogens (tertiary/aromatic N) is 3. The van der Waals surface area contributed by atoms with Gasteiger partial charge in [0.25, 0.3) is 5.56 Å². The van der Waals surface area contributed by atoms with Crippen molar-refractivity contribution in [3.8, 4) is 16.8 Å². The molecule has 4 aromatic heterocycles. The van der Waals surface area contributed by atoms with Crippen LogP contribution in [0, 0.1) is 0 Å². The van der Waals surface area contributed by atoms with E-state index < -0.39 is 0 Å². The van der Waals surface area contributed by atoms with E-state index in [0.29, 0.717) is 11.0 Å². The molecule has 6 aromatic carbocycles. The summed E-state index contributed by atoms with van der Waals surface area (Å²) in [5, 5.41) is 4.78. The van der Waals surface area contributed by atoms with Crippen LogP contribution >= 0.6 is 0 Å². The van der Waals surface area contributed by atoms with Crippen LogP contribution in [-0.4, -0.2) is 14.0 Å². The molecule has 0 amide bonds. The number of benzene rings is 6. The van der Waals surface area contributed by atoms with E-state index in [1.165, 1.54) is 0 Å². The van der Waals surface area contributed by atoms with E-state index in [1.54, 1.807) is 4.40 Å². The minimum absolute atomic E-state index is 0.155. The molecule has 4 heterocycles.